The molecular formula is C18H34N2. The minimum absolute atomic E-state index is 0.368. The van der Waals surface area contributed by atoms with E-state index in [2.05, 4.69) is 44.8 Å². The minimum atomic E-state index is 0.368. The van der Waals surface area contributed by atoms with Crippen LogP contribution in [0.4, 0.5) is 0 Å². The maximum absolute atomic E-state index is 3.83. The molecule has 2 heteroatoms. The maximum atomic E-state index is 3.83. The Morgan fingerprint density at radius 1 is 1.15 bits per heavy atom. The summed E-state index contributed by atoms with van der Waals surface area (Å²) in [5, 5.41) is 3.83. The molecule has 116 valence electrons. The maximum Gasteiger partial charge on any atom is 0.0304 e. The lowest BCUT2D eigenvalue weighted by Crippen LogP contribution is -2.65. The Labute approximate surface area is 125 Å². The number of fused-ring (bicyclic) bond motifs is 2. The van der Waals surface area contributed by atoms with Crippen LogP contribution in [0.2, 0.25) is 0 Å². The molecule has 1 heterocycles. The van der Waals surface area contributed by atoms with Crippen LogP contribution in [0.15, 0.2) is 0 Å². The first-order valence-corrected chi connectivity index (χ1v) is 8.86. The Bertz CT molecular complexity index is 367. The fourth-order valence-corrected chi connectivity index (χ4v) is 6.12. The van der Waals surface area contributed by atoms with E-state index in [9.17, 15) is 0 Å². The molecule has 0 spiro atoms. The predicted octanol–water partition coefficient (Wildman–Crippen LogP) is 3.67. The first-order chi connectivity index (χ1) is 9.37. The van der Waals surface area contributed by atoms with Crippen molar-refractivity contribution in [1.82, 2.24) is 10.2 Å². The topological polar surface area (TPSA) is 15.3 Å². The van der Waals surface area contributed by atoms with E-state index in [1.165, 1.54) is 51.7 Å². The third kappa shape index (κ3) is 1.98. The molecule has 0 aromatic rings. The highest BCUT2D eigenvalue weighted by Crippen LogP contribution is 2.64. The molecule has 0 radical (unpaired) electrons. The van der Waals surface area contributed by atoms with Crippen molar-refractivity contribution in [1.29, 1.82) is 0 Å². The largest absolute Gasteiger partial charge is 0.309 e. The van der Waals surface area contributed by atoms with Crippen LogP contribution in [-0.2, 0) is 0 Å². The standard InChI is InChI=1S/C18H34N2/c1-6-18(7-2)13-20(11-10-19-18)15-16(3,4)14-8-9-17(15,5)12-14/h14-15,19H,6-13H2,1-5H3. The van der Waals surface area contributed by atoms with Crippen LogP contribution >= 0.6 is 0 Å². The molecule has 2 aliphatic carbocycles. The Hall–Kier alpha value is -0.0800. The van der Waals surface area contributed by atoms with E-state index >= 15 is 0 Å². The van der Waals surface area contributed by atoms with Crippen molar-refractivity contribution in [2.45, 2.75) is 78.3 Å². The molecule has 2 nitrogen and oxygen atoms in total. The molecule has 20 heavy (non-hydrogen) atoms. The highest BCUT2D eigenvalue weighted by atomic mass is 15.3. The molecule has 2 saturated carbocycles. The minimum Gasteiger partial charge on any atom is -0.309 e. The summed E-state index contributed by atoms with van der Waals surface area (Å²) < 4.78 is 0. The van der Waals surface area contributed by atoms with E-state index in [0.717, 1.165) is 12.0 Å². The van der Waals surface area contributed by atoms with E-state index < -0.39 is 0 Å². The number of piperazine rings is 1. The Morgan fingerprint density at radius 2 is 1.85 bits per heavy atom. The molecular weight excluding hydrogens is 244 g/mol. The molecule has 2 bridgehead atoms. The fraction of sp³-hybridized carbons (Fsp3) is 1.00. The summed E-state index contributed by atoms with van der Waals surface area (Å²) in [7, 11) is 0. The quantitative estimate of drug-likeness (QED) is 0.847. The summed E-state index contributed by atoms with van der Waals surface area (Å²) in [6.45, 7) is 16.1. The summed E-state index contributed by atoms with van der Waals surface area (Å²) in [5.41, 5.74) is 1.46. The van der Waals surface area contributed by atoms with Gasteiger partial charge < -0.3 is 5.32 Å². The van der Waals surface area contributed by atoms with Crippen molar-refractivity contribution in [3.63, 3.8) is 0 Å². The van der Waals surface area contributed by atoms with Crippen LogP contribution in [0.5, 0.6) is 0 Å². The number of hydrogen-bond acceptors (Lipinski definition) is 2. The zero-order valence-corrected chi connectivity index (χ0v) is 14.3. The van der Waals surface area contributed by atoms with Crippen molar-refractivity contribution in [2.75, 3.05) is 19.6 Å². The van der Waals surface area contributed by atoms with Crippen molar-refractivity contribution in [3.8, 4) is 0 Å². The van der Waals surface area contributed by atoms with Crippen molar-refractivity contribution >= 4 is 0 Å². The van der Waals surface area contributed by atoms with E-state index in [0.29, 0.717) is 16.4 Å². The van der Waals surface area contributed by atoms with E-state index in [1.807, 2.05) is 0 Å². The van der Waals surface area contributed by atoms with Gasteiger partial charge in [0.15, 0.2) is 0 Å². The van der Waals surface area contributed by atoms with E-state index in [-0.39, 0.29) is 0 Å². The fourth-order valence-electron chi connectivity index (χ4n) is 6.12. The second-order valence-electron chi connectivity index (χ2n) is 8.70. The van der Waals surface area contributed by atoms with Gasteiger partial charge in [0.25, 0.3) is 0 Å². The third-order valence-electron chi connectivity index (χ3n) is 7.32. The molecule has 0 aromatic heterocycles. The van der Waals surface area contributed by atoms with Gasteiger partial charge in [0.2, 0.25) is 0 Å². The normalized spacial score (nSPS) is 43.0. The van der Waals surface area contributed by atoms with Gasteiger partial charge in [0.05, 0.1) is 0 Å². The van der Waals surface area contributed by atoms with Crippen LogP contribution in [0, 0.1) is 16.7 Å². The first-order valence-electron chi connectivity index (χ1n) is 8.86. The zero-order valence-electron chi connectivity index (χ0n) is 14.3. The van der Waals surface area contributed by atoms with Crippen LogP contribution in [-0.4, -0.2) is 36.1 Å². The third-order valence-corrected chi connectivity index (χ3v) is 7.32. The SMILES string of the molecule is CCC1(CC)CN(C2C3(C)CCC(C3)C2(C)C)CCN1. The highest BCUT2D eigenvalue weighted by molar-refractivity contribution is 5.14. The second-order valence-corrected chi connectivity index (χ2v) is 8.70. The average Bonchev–Trinajstić information content (AvgIpc) is 2.90. The van der Waals surface area contributed by atoms with Crippen molar-refractivity contribution in [3.05, 3.63) is 0 Å². The van der Waals surface area contributed by atoms with Crippen LogP contribution < -0.4 is 5.32 Å². The molecule has 3 unspecified atom stereocenters. The van der Waals surface area contributed by atoms with E-state index in [1.54, 1.807) is 0 Å². The Morgan fingerprint density at radius 3 is 2.40 bits per heavy atom. The summed E-state index contributed by atoms with van der Waals surface area (Å²) in [6, 6.07) is 0.799. The van der Waals surface area contributed by atoms with Crippen LogP contribution in [0.3, 0.4) is 0 Å². The van der Waals surface area contributed by atoms with Crippen LogP contribution in [0.1, 0.15) is 66.7 Å². The van der Waals surface area contributed by atoms with Gasteiger partial charge in [-0.2, -0.15) is 0 Å². The van der Waals surface area contributed by atoms with Gasteiger partial charge in [-0.1, -0.05) is 34.6 Å². The van der Waals surface area contributed by atoms with Gasteiger partial charge in [-0.25, -0.2) is 0 Å². The summed E-state index contributed by atoms with van der Waals surface area (Å²) >= 11 is 0. The molecule has 3 aliphatic rings. The lowest BCUT2D eigenvalue weighted by Gasteiger charge is -2.54. The zero-order chi connectivity index (χ0) is 14.6. The molecule has 0 amide bonds. The summed E-state index contributed by atoms with van der Waals surface area (Å²) in [5.74, 6) is 0.963. The highest BCUT2D eigenvalue weighted by Gasteiger charge is 2.61. The van der Waals surface area contributed by atoms with Crippen molar-refractivity contribution < 1.29 is 0 Å². The Kier molecular flexibility index (Phi) is 3.49. The lowest BCUT2D eigenvalue weighted by atomic mass is 9.67. The lowest BCUT2D eigenvalue weighted by molar-refractivity contribution is -0.0287. The molecule has 1 saturated heterocycles. The number of hydrogen-bond donors (Lipinski definition) is 1. The van der Waals surface area contributed by atoms with Gasteiger partial charge in [-0.05, 0) is 48.9 Å². The first kappa shape index (κ1) is 14.8. The van der Waals surface area contributed by atoms with Gasteiger partial charge in [-0.3, -0.25) is 4.90 Å². The van der Waals surface area contributed by atoms with Crippen LogP contribution in [0.25, 0.3) is 0 Å². The smallest absolute Gasteiger partial charge is 0.0304 e. The van der Waals surface area contributed by atoms with Gasteiger partial charge >= 0.3 is 0 Å². The molecule has 1 N–H and O–H groups in total. The van der Waals surface area contributed by atoms with Gasteiger partial charge in [0.1, 0.15) is 0 Å². The summed E-state index contributed by atoms with van der Waals surface area (Å²) in [4.78, 5) is 2.88. The number of nitrogens with one attached hydrogen (secondary N) is 1. The van der Waals surface area contributed by atoms with Gasteiger partial charge in [0, 0.05) is 31.2 Å². The summed E-state index contributed by atoms with van der Waals surface area (Å²) in [6.07, 6.45) is 6.92. The molecule has 0 aromatic carbocycles. The molecule has 1 aliphatic heterocycles. The number of rotatable bonds is 3. The monoisotopic (exact) mass is 278 g/mol. The second kappa shape index (κ2) is 4.71. The van der Waals surface area contributed by atoms with Gasteiger partial charge in [-0.15, -0.1) is 0 Å². The predicted molar refractivity (Wildman–Crippen MR) is 85.9 cm³/mol. The molecule has 3 atom stereocenters. The number of nitrogens with zero attached hydrogens (tertiary/aromatic N) is 1. The molecule has 3 fully saturated rings. The van der Waals surface area contributed by atoms with E-state index in [4.69, 9.17) is 0 Å². The van der Waals surface area contributed by atoms with Crippen molar-refractivity contribution in [2.24, 2.45) is 16.7 Å². The average molecular weight is 278 g/mol. The Balaban J connectivity index is 1.85. The molecule has 3 rings (SSSR count).